The van der Waals surface area contributed by atoms with E-state index in [9.17, 15) is 4.79 Å². The molecular formula is C18H20Cl3N2O+. The Balaban J connectivity index is 2.13. The molecule has 0 radical (unpaired) electrons. The molecule has 0 aliphatic rings. The van der Waals surface area contributed by atoms with Gasteiger partial charge < -0.3 is 4.90 Å². The van der Waals surface area contributed by atoms with Crippen LogP contribution in [0, 0.1) is 6.92 Å². The molecule has 2 N–H and O–H groups in total. The minimum absolute atomic E-state index is 0.265. The van der Waals surface area contributed by atoms with Gasteiger partial charge in [0.05, 0.1) is 7.05 Å². The number of carbonyl (C=O) groups excluding carboxylic acids is 1. The van der Waals surface area contributed by atoms with Crippen LogP contribution in [0.1, 0.15) is 21.5 Å². The van der Waals surface area contributed by atoms with Crippen LogP contribution in [0.4, 0.5) is 0 Å². The summed E-state index contributed by atoms with van der Waals surface area (Å²) in [6.45, 7) is 2.58. The molecule has 1 unspecified atom stereocenters. The number of hydrogen-bond donors (Lipinski definition) is 2. The molecule has 0 bridgehead atoms. The number of nitrogens with one attached hydrogen (secondary N) is 2. The van der Waals surface area contributed by atoms with Gasteiger partial charge in [0.2, 0.25) is 6.17 Å². The molecular weight excluding hydrogens is 367 g/mol. The van der Waals surface area contributed by atoms with Crippen molar-refractivity contribution in [2.45, 2.75) is 23.4 Å². The minimum Gasteiger partial charge on any atom is -0.310 e. The molecule has 0 saturated heterocycles. The van der Waals surface area contributed by atoms with Gasteiger partial charge in [0.25, 0.3) is 9.70 Å². The summed E-state index contributed by atoms with van der Waals surface area (Å²) >= 11 is 18.3. The van der Waals surface area contributed by atoms with Crippen LogP contribution in [0.3, 0.4) is 0 Å². The van der Waals surface area contributed by atoms with Crippen molar-refractivity contribution in [1.82, 2.24) is 5.32 Å². The first-order valence-corrected chi connectivity index (χ1v) is 8.71. The van der Waals surface area contributed by atoms with Gasteiger partial charge in [-0.25, -0.2) is 0 Å². The van der Waals surface area contributed by atoms with Crippen LogP contribution >= 0.6 is 34.8 Å². The van der Waals surface area contributed by atoms with Gasteiger partial charge in [0, 0.05) is 11.1 Å². The molecule has 24 heavy (non-hydrogen) atoms. The van der Waals surface area contributed by atoms with Gasteiger partial charge in [-0.15, -0.1) is 0 Å². The molecule has 2 atom stereocenters. The first kappa shape index (κ1) is 19.1. The van der Waals surface area contributed by atoms with Crippen LogP contribution in [0.2, 0.25) is 0 Å². The Morgan fingerprint density at radius 2 is 1.67 bits per heavy atom. The molecule has 3 nitrogen and oxygen atoms in total. The molecule has 128 valence electrons. The third-order valence-electron chi connectivity index (χ3n) is 3.74. The van der Waals surface area contributed by atoms with E-state index in [-0.39, 0.29) is 5.91 Å². The lowest BCUT2D eigenvalue weighted by atomic mass is 10.1. The number of quaternary nitrogens is 1. The molecule has 1 amide bonds. The van der Waals surface area contributed by atoms with Crippen molar-refractivity contribution in [3.8, 4) is 0 Å². The first-order chi connectivity index (χ1) is 11.3. The average molecular weight is 387 g/mol. The van der Waals surface area contributed by atoms with E-state index in [0.29, 0.717) is 12.1 Å². The van der Waals surface area contributed by atoms with Crippen molar-refractivity contribution in [1.29, 1.82) is 0 Å². The lowest BCUT2D eigenvalue weighted by molar-refractivity contribution is -0.921. The molecule has 2 rings (SSSR count). The van der Waals surface area contributed by atoms with E-state index in [0.717, 1.165) is 16.0 Å². The second kappa shape index (κ2) is 8.21. The van der Waals surface area contributed by atoms with Gasteiger partial charge in [-0.1, -0.05) is 82.8 Å². The Labute approximate surface area is 157 Å². The van der Waals surface area contributed by atoms with Crippen LogP contribution in [0.5, 0.6) is 0 Å². The molecule has 6 heteroatoms. The zero-order valence-electron chi connectivity index (χ0n) is 13.5. The number of aryl methyl sites for hydroxylation is 1. The summed E-state index contributed by atoms with van der Waals surface area (Å²) in [5, 5.41) is 2.84. The van der Waals surface area contributed by atoms with Gasteiger partial charge in [0.15, 0.2) is 0 Å². The largest absolute Gasteiger partial charge is 0.310 e. The highest BCUT2D eigenvalue weighted by Crippen LogP contribution is 2.28. The molecule has 0 spiro atoms. The number of carbonyl (C=O) groups is 1. The van der Waals surface area contributed by atoms with Crippen molar-refractivity contribution < 1.29 is 9.69 Å². The lowest BCUT2D eigenvalue weighted by Gasteiger charge is -2.30. The van der Waals surface area contributed by atoms with Crippen molar-refractivity contribution >= 4 is 40.7 Å². The first-order valence-electron chi connectivity index (χ1n) is 7.58. The van der Waals surface area contributed by atoms with E-state index in [1.54, 1.807) is 12.1 Å². The second-order valence-corrected chi connectivity index (χ2v) is 8.19. The summed E-state index contributed by atoms with van der Waals surface area (Å²) in [5.41, 5.74) is 2.71. The van der Waals surface area contributed by atoms with Crippen LogP contribution in [-0.4, -0.2) is 22.9 Å². The Kier molecular flexibility index (Phi) is 6.53. The van der Waals surface area contributed by atoms with E-state index in [1.165, 1.54) is 0 Å². The van der Waals surface area contributed by atoms with E-state index in [1.807, 2.05) is 56.4 Å². The zero-order chi connectivity index (χ0) is 17.7. The van der Waals surface area contributed by atoms with Gasteiger partial charge in [-0.2, -0.15) is 0 Å². The van der Waals surface area contributed by atoms with Crippen molar-refractivity contribution in [3.05, 3.63) is 71.3 Å². The molecule has 0 aromatic heterocycles. The maximum absolute atomic E-state index is 12.5. The number of hydrogen-bond acceptors (Lipinski definition) is 1. The summed E-state index contributed by atoms with van der Waals surface area (Å²) in [6, 6.07) is 17.1. The van der Waals surface area contributed by atoms with E-state index >= 15 is 0 Å². The number of rotatable bonds is 5. The minimum atomic E-state index is -1.63. The van der Waals surface area contributed by atoms with Gasteiger partial charge in [-0.3, -0.25) is 10.1 Å². The Morgan fingerprint density at radius 3 is 2.21 bits per heavy atom. The maximum atomic E-state index is 12.5. The summed E-state index contributed by atoms with van der Waals surface area (Å²) in [4.78, 5) is 13.3. The Bertz CT molecular complexity index is 669. The van der Waals surface area contributed by atoms with Crippen LogP contribution < -0.4 is 10.2 Å². The third kappa shape index (κ3) is 5.38. The van der Waals surface area contributed by atoms with Crippen LogP contribution in [0.15, 0.2) is 54.6 Å². The fraction of sp³-hybridized carbons (Fsp3) is 0.278. The molecule has 0 saturated carbocycles. The number of amides is 1. The molecule has 0 aliphatic carbocycles. The average Bonchev–Trinajstić information content (AvgIpc) is 2.52. The van der Waals surface area contributed by atoms with Crippen molar-refractivity contribution in [2.24, 2.45) is 0 Å². The van der Waals surface area contributed by atoms with Crippen molar-refractivity contribution in [3.63, 3.8) is 0 Å². The molecule has 0 aliphatic heterocycles. The zero-order valence-corrected chi connectivity index (χ0v) is 15.8. The normalized spacial score (nSPS) is 14.0. The molecule has 0 fully saturated rings. The fourth-order valence-corrected chi connectivity index (χ4v) is 3.15. The van der Waals surface area contributed by atoms with E-state index in [2.05, 4.69) is 5.32 Å². The van der Waals surface area contributed by atoms with E-state index in [4.69, 9.17) is 34.8 Å². The Hall–Kier alpha value is -1.26. The highest BCUT2D eigenvalue weighted by atomic mass is 35.6. The van der Waals surface area contributed by atoms with E-state index < -0.39 is 9.96 Å². The standard InChI is InChI=1S/C18H19Cl3N2O/c1-13-8-10-15(11-9-13)16(24)22-17(18(19,20)21)23(2)12-14-6-4-3-5-7-14/h3-11,17H,12H2,1-2H3,(H,22,24)/p+1/t17-/m0/s1. The predicted octanol–water partition coefficient (Wildman–Crippen LogP) is 3.14. The maximum Gasteiger partial charge on any atom is 0.262 e. The number of alkyl halides is 3. The quantitative estimate of drug-likeness (QED) is 0.601. The smallest absolute Gasteiger partial charge is 0.262 e. The van der Waals surface area contributed by atoms with Crippen LogP contribution in [-0.2, 0) is 6.54 Å². The number of halogens is 3. The lowest BCUT2D eigenvalue weighted by Crippen LogP contribution is -3.15. The van der Waals surface area contributed by atoms with Gasteiger partial charge >= 0.3 is 0 Å². The molecule has 2 aromatic rings. The van der Waals surface area contributed by atoms with Gasteiger partial charge in [0.1, 0.15) is 6.54 Å². The summed E-state index contributed by atoms with van der Waals surface area (Å²) in [7, 11) is 1.88. The topological polar surface area (TPSA) is 33.5 Å². The highest BCUT2D eigenvalue weighted by molar-refractivity contribution is 6.68. The summed E-state index contributed by atoms with van der Waals surface area (Å²) in [5.74, 6) is -0.265. The predicted molar refractivity (Wildman–Crippen MR) is 99.8 cm³/mol. The van der Waals surface area contributed by atoms with Crippen LogP contribution in [0.25, 0.3) is 0 Å². The fourth-order valence-electron chi connectivity index (χ4n) is 2.42. The van der Waals surface area contributed by atoms with Gasteiger partial charge in [-0.05, 0) is 19.1 Å². The Morgan fingerprint density at radius 1 is 1.08 bits per heavy atom. The van der Waals surface area contributed by atoms with Crippen molar-refractivity contribution in [2.75, 3.05) is 7.05 Å². The third-order valence-corrected chi connectivity index (χ3v) is 4.39. The monoisotopic (exact) mass is 385 g/mol. The summed E-state index contributed by atoms with van der Waals surface area (Å²) < 4.78 is -1.63. The SMILES string of the molecule is Cc1ccc(C(=O)N[C@@H]([NH+](C)Cc2ccccc2)C(Cl)(Cl)Cl)cc1. The second-order valence-electron chi connectivity index (χ2n) is 5.82. The summed E-state index contributed by atoms with van der Waals surface area (Å²) in [6.07, 6.45) is -0.684. The number of benzene rings is 2. The molecule has 0 heterocycles. The highest BCUT2D eigenvalue weighted by Gasteiger charge is 2.40. The molecule has 2 aromatic carbocycles.